The van der Waals surface area contributed by atoms with Gasteiger partial charge in [0.25, 0.3) is 5.91 Å². The summed E-state index contributed by atoms with van der Waals surface area (Å²) in [6, 6.07) is 6.49. The third-order valence-corrected chi connectivity index (χ3v) is 3.14. The van der Waals surface area contributed by atoms with Crippen LogP contribution < -0.4 is 20.1 Å². The maximum atomic E-state index is 11.4. The zero-order valence-corrected chi connectivity index (χ0v) is 13.0. The number of methoxy groups -OCH3 is 1. The highest BCUT2D eigenvalue weighted by molar-refractivity contribution is 6.00. The van der Waals surface area contributed by atoms with Gasteiger partial charge in [-0.25, -0.2) is 0 Å². The van der Waals surface area contributed by atoms with Gasteiger partial charge in [-0.2, -0.15) is 5.26 Å². The molecule has 1 aromatic carbocycles. The molecule has 9 nitrogen and oxygen atoms in total. The number of nitriles is 1. The molecule has 0 unspecified atom stereocenters. The van der Waals surface area contributed by atoms with E-state index in [2.05, 4.69) is 9.79 Å². The van der Waals surface area contributed by atoms with E-state index in [-0.39, 0.29) is 22.8 Å². The van der Waals surface area contributed by atoms with Crippen LogP contribution in [0.4, 0.5) is 0 Å². The number of nitrogens with two attached hydrogens (primary N) is 1. The first-order chi connectivity index (χ1) is 11.5. The van der Waals surface area contributed by atoms with Crippen LogP contribution in [-0.4, -0.2) is 18.2 Å². The van der Waals surface area contributed by atoms with Gasteiger partial charge in [-0.15, -0.1) is 0 Å². The number of aryl methyl sites for hydroxylation is 1. The van der Waals surface area contributed by atoms with Gasteiger partial charge in [-0.1, -0.05) is 6.07 Å². The van der Waals surface area contributed by atoms with Gasteiger partial charge in [-0.3, -0.25) is 9.42 Å². The SMILES string of the molecule is COc1cc(C=C(C#N)C(N)=O)ccc1OCc1c(C)no[n+]1[O-]. The molecule has 0 atom stereocenters. The molecule has 0 spiro atoms. The molecule has 1 heterocycles. The van der Waals surface area contributed by atoms with E-state index < -0.39 is 5.91 Å². The van der Waals surface area contributed by atoms with E-state index in [0.717, 1.165) is 0 Å². The number of aromatic nitrogens is 2. The third kappa shape index (κ3) is 3.61. The monoisotopic (exact) mass is 330 g/mol. The van der Waals surface area contributed by atoms with Gasteiger partial charge in [0.15, 0.2) is 18.1 Å². The number of hydrogen-bond acceptors (Lipinski definition) is 7. The minimum atomic E-state index is -0.820. The molecule has 1 amide bonds. The molecule has 0 radical (unpaired) electrons. The highest BCUT2D eigenvalue weighted by Gasteiger charge is 2.16. The summed E-state index contributed by atoms with van der Waals surface area (Å²) in [4.78, 5) is 11.4. The number of rotatable bonds is 6. The van der Waals surface area contributed by atoms with Gasteiger partial charge in [0.1, 0.15) is 11.6 Å². The molecule has 0 aliphatic carbocycles. The van der Waals surface area contributed by atoms with Crippen molar-refractivity contribution < 1.29 is 23.8 Å². The van der Waals surface area contributed by atoms with Crippen molar-refractivity contribution in [2.75, 3.05) is 7.11 Å². The zero-order valence-electron chi connectivity index (χ0n) is 13.0. The van der Waals surface area contributed by atoms with Gasteiger partial charge in [0.05, 0.1) is 7.11 Å². The van der Waals surface area contributed by atoms with Crippen LogP contribution in [-0.2, 0) is 11.4 Å². The molecule has 0 aliphatic rings. The second-order valence-electron chi connectivity index (χ2n) is 4.70. The lowest BCUT2D eigenvalue weighted by molar-refractivity contribution is -0.808. The fraction of sp³-hybridized carbons (Fsp3) is 0.200. The summed E-state index contributed by atoms with van der Waals surface area (Å²) in [7, 11) is 1.44. The number of carbonyl (C=O) groups is 1. The maximum Gasteiger partial charge on any atom is 0.259 e. The molecule has 0 saturated carbocycles. The van der Waals surface area contributed by atoms with Crippen molar-refractivity contribution in [3.8, 4) is 17.6 Å². The molecule has 2 aromatic rings. The normalized spacial score (nSPS) is 11.0. The molecular weight excluding hydrogens is 316 g/mol. The highest BCUT2D eigenvalue weighted by Crippen LogP contribution is 2.29. The van der Waals surface area contributed by atoms with Crippen LogP contribution >= 0.6 is 0 Å². The third-order valence-electron chi connectivity index (χ3n) is 3.14. The molecule has 24 heavy (non-hydrogen) atoms. The fourth-order valence-electron chi connectivity index (χ4n) is 1.85. The van der Waals surface area contributed by atoms with Crippen molar-refractivity contribution in [1.29, 1.82) is 5.26 Å². The molecular formula is C15H14N4O5. The first-order valence-corrected chi connectivity index (χ1v) is 6.74. The van der Waals surface area contributed by atoms with E-state index >= 15 is 0 Å². The van der Waals surface area contributed by atoms with Crippen LogP contribution in [0, 0.1) is 23.5 Å². The summed E-state index contributed by atoms with van der Waals surface area (Å²) in [5.74, 6) is -0.0929. The van der Waals surface area contributed by atoms with E-state index in [0.29, 0.717) is 22.8 Å². The Bertz CT molecular complexity index is 815. The summed E-state index contributed by atoms with van der Waals surface area (Å²) < 4.78 is 15.2. The number of primary amides is 1. The van der Waals surface area contributed by atoms with Crippen molar-refractivity contribution in [2.45, 2.75) is 13.5 Å². The summed E-state index contributed by atoms with van der Waals surface area (Å²) >= 11 is 0. The Morgan fingerprint density at radius 3 is 2.83 bits per heavy atom. The van der Waals surface area contributed by atoms with Crippen molar-refractivity contribution >= 4 is 12.0 Å². The van der Waals surface area contributed by atoms with Crippen LogP contribution in [0.25, 0.3) is 6.08 Å². The first-order valence-electron chi connectivity index (χ1n) is 6.74. The first kappa shape index (κ1) is 16.8. The lowest BCUT2D eigenvalue weighted by Crippen LogP contribution is -2.29. The largest absolute Gasteiger partial charge is 0.493 e. The second-order valence-corrected chi connectivity index (χ2v) is 4.70. The van der Waals surface area contributed by atoms with E-state index in [4.69, 9.17) is 20.5 Å². The quantitative estimate of drug-likeness (QED) is 0.464. The van der Waals surface area contributed by atoms with Crippen LogP contribution in [0.3, 0.4) is 0 Å². The van der Waals surface area contributed by atoms with E-state index in [1.807, 2.05) is 0 Å². The molecule has 0 fully saturated rings. The summed E-state index contributed by atoms with van der Waals surface area (Å²) in [6.07, 6.45) is 1.34. The molecule has 0 aliphatic heterocycles. The Hall–Kier alpha value is -3.54. The predicted molar refractivity (Wildman–Crippen MR) is 80.3 cm³/mol. The van der Waals surface area contributed by atoms with Crippen molar-refractivity contribution in [1.82, 2.24) is 5.16 Å². The number of nitrogens with zero attached hydrogens (tertiary/aromatic N) is 3. The average molecular weight is 330 g/mol. The maximum absolute atomic E-state index is 11.4. The molecule has 124 valence electrons. The lowest BCUT2D eigenvalue weighted by Gasteiger charge is -2.10. The topological polar surface area (TPSA) is 138 Å². The second kappa shape index (κ2) is 7.15. The van der Waals surface area contributed by atoms with Gasteiger partial charge in [0, 0.05) is 12.1 Å². The molecule has 9 heteroatoms. The van der Waals surface area contributed by atoms with Crippen LogP contribution in [0.2, 0.25) is 0 Å². The Kier molecular flexibility index (Phi) is 5.01. The highest BCUT2D eigenvalue weighted by atomic mass is 16.8. The molecule has 0 bridgehead atoms. The van der Waals surface area contributed by atoms with Gasteiger partial charge < -0.3 is 20.4 Å². The fourth-order valence-corrected chi connectivity index (χ4v) is 1.85. The van der Waals surface area contributed by atoms with Gasteiger partial charge >= 0.3 is 0 Å². The van der Waals surface area contributed by atoms with E-state index in [1.54, 1.807) is 31.2 Å². The van der Waals surface area contributed by atoms with Gasteiger partial charge in [-0.05, 0) is 28.7 Å². The van der Waals surface area contributed by atoms with Gasteiger partial charge in [0.2, 0.25) is 11.4 Å². The Labute approximate surface area is 137 Å². The minimum absolute atomic E-state index is 0.0604. The number of benzene rings is 1. The molecule has 0 saturated heterocycles. The number of carbonyl (C=O) groups excluding carboxylic acids is 1. The van der Waals surface area contributed by atoms with Crippen LogP contribution in [0.1, 0.15) is 17.0 Å². The Morgan fingerprint density at radius 2 is 2.29 bits per heavy atom. The summed E-state index contributed by atoms with van der Waals surface area (Å²) in [6.45, 7) is 1.56. The molecule has 1 aromatic heterocycles. The van der Waals surface area contributed by atoms with Crippen molar-refractivity contribution in [3.05, 3.63) is 45.9 Å². The summed E-state index contributed by atoms with van der Waals surface area (Å²) in [5, 5.41) is 23.8. The van der Waals surface area contributed by atoms with E-state index in [9.17, 15) is 10.0 Å². The zero-order chi connectivity index (χ0) is 17.7. The number of ether oxygens (including phenoxy) is 2. The molecule has 2 N–H and O–H groups in total. The molecule has 2 rings (SSSR count). The van der Waals surface area contributed by atoms with Crippen LogP contribution in [0.15, 0.2) is 28.4 Å². The standard InChI is InChI=1S/C15H14N4O5/c1-9-12(19(21)24-18-9)8-23-13-4-3-10(6-14(13)22-2)5-11(7-16)15(17)20/h3-6H,8H2,1-2H3,(H2,17,20). The van der Waals surface area contributed by atoms with E-state index in [1.165, 1.54) is 13.2 Å². The Balaban J connectivity index is 2.24. The van der Waals surface area contributed by atoms with Crippen molar-refractivity contribution in [3.63, 3.8) is 0 Å². The Morgan fingerprint density at radius 1 is 1.54 bits per heavy atom. The predicted octanol–water partition coefficient (Wildman–Crippen LogP) is 0.596. The number of hydrogen-bond donors (Lipinski definition) is 1. The lowest BCUT2D eigenvalue weighted by atomic mass is 10.1. The minimum Gasteiger partial charge on any atom is -0.493 e. The summed E-state index contributed by atoms with van der Waals surface area (Å²) in [5.41, 5.74) is 6.11. The average Bonchev–Trinajstić information content (AvgIpc) is 2.89. The number of amides is 1. The van der Waals surface area contributed by atoms with Crippen molar-refractivity contribution in [2.24, 2.45) is 5.73 Å². The smallest absolute Gasteiger partial charge is 0.259 e. The van der Waals surface area contributed by atoms with Crippen LogP contribution in [0.5, 0.6) is 11.5 Å².